The Balaban J connectivity index is 0.00000225. The van der Waals surface area contributed by atoms with Gasteiger partial charge in [0.15, 0.2) is 5.69 Å². The number of carbonyl (C=O) groups is 1. The molecule has 0 saturated carbocycles. The van der Waals surface area contributed by atoms with E-state index in [9.17, 15) is 4.79 Å². The predicted molar refractivity (Wildman–Crippen MR) is 97.4 cm³/mol. The van der Waals surface area contributed by atoms with Crippen molar-refractivity contribution in [1.82, 2.24) is 4.65 Å². The van der Waals surface area contributed by atoms with Crippen molar-refractivity contribution >= 4 is 11.7 Å². The summed E-state index contributed by atoms with van der Waals surface area (Å²) in [5, 5.41) is 0. The lowest BCUT2D eigenvalue weighted by molar-refractivity contribution is -0.216. The molecular weight excluding hydrogens is 425 g/mol. The summed E-state index contributed by atoms with van der Waals surface area (Å²) >= 11 is 0. The van der Waals surface area contributed by atoms with Gasteiger partial charge < -0.3 is 24.0 Å². The largest absolute Gasteiger partial charge is 1.00 e. The minimum absolute atomic E-state index is 0. The summed E-state index contributed by atoms with van der Waals surface area (Å²) < 4.78 is 0.270. The summed E-state index contributed by atoms with van der Waals surface area (Å²) in [7, 11) is 0. The fraction of sp³-hybridized carbons (Fsp3) is 0.381. The van der Waals surface area contributed by atoms with Gasteiger partial charge in [-0.05, 0) is 25.3 Å². The molecule has 3 nitrogen and oxygen atoms in total. The number of nitrogens with zero attached hydrogens (tertiary/aromatic N) is 1. The molecule has 25 heavy (non-hydrogen) atoms. The van der Waals surface area contributed by atoms with Crippen LogP contribution >= 0.6 is 0 Å². The quantitative estimate of drug-likeness (QED) is 0.526. The average molecular weight is 451 g/mol. The van der Waals surface area contributed by atoms with Crippen molar-refractivity contribution in [1.29, 1.82) is 0 Å². The topological polar surface area (TPSA) is 26.3 Å². The lowest BCUT2D eigenvalue weighted by Gasteiger charge is -2.50. The minimum Gasteiger partial charge on any atom is -1.00 e. The molecule has 0 spiro atoms. The van der Waals surface area contributed by atoms with E-state index in [1.54, 1.807) is 0 Å². The Morgan fingerprint density at radius 1 is 1.04 bits per heavy atom. The highest BCUT2D eigenvalue weighted by atomic mass is 127. The van der Waals surface area contributed by atoms with Crippen molar-refractivity contribution in [3.63, 3.8) is 0 Å². The maximum Gasteiger partial charge on any atom is 0.364 e. The highest BCUT2D eigenvalue weighted by molar-refractivity contribution is 5.67. The van der Waals surface area contributed by atoms with Gasteiger partial charge >= 0.3 is 5.97 Å². The van der Waals surface area contributed by atoms with E-state index in [1.165, 1.54) is 12.5 Å². The summed E-state index contributed by atoms with van der Waals surface area (Å²) in [4.78, 5) is 17.9. The molecule has 134 valence electrons. The van der Waals surface area contributed by atoms with E-state index in [0.717, 1.165) is 25.1 Å². The molecule has 0 aliphatic carbocycles. The van der Waals surface area contributed by atoms with Crippen LogP contribution < -0.4 is 28.6 Å². The standard InChI is InChI=1S/C21H26NO2.HI/c1-17(23)24-22(20-12-8-5-9-13-20)15-14-19(16-21(22,2)3)18-10-6-4-7-11-18;/h4-13,19H,14-16H2,1-3H3;1H/q+1;/p-1. The van der Waals surface area contributed by atoms with Crippen LogP contribution in [0.25, 0.3) is 0 Å². The van der Waals surface area contributed by atoms with Crippen LogP contribution in [0.5, 0.6) is 0 Å². The van der Waals surface area contributed by atoms with E-state index in [1.807, 2.05) is 18.2 Å². The molecule has 0 radical (unpaired) electrons. The number of para-hydroxylation sites is 1. The Hall–Kier alpha value is -1.40. The third-order valence-electron chi connectivity index (χ3n) is 5.24. The number of hydrogen-bond donors (Lipinski definition) is 0. The van der Waals surface area contributed by atoms with Crippen LogP contribution in [0, 0.1) is 0 Å². The second kappa shape index (κ2) is 7.87. The number of piperidine rings is 1. The maximum absolute atomic E-state index is 11.9. The molecule has 1 aliphatic heterocycles. The number of rotatable bonds is 3. The Labute approximate surface area is 167 Å². The number of carbonyl (C=O) groups excluding carboxylic acids is 1. The molecule has 4 heteroatoms. The van der Waals surface area contributed by atoms with Crippen LogP contribution in [-0.2, 0) is 9.63 Å². The number of quaternary nitrogens is 1. The third-order valence-corrected chi connectivity index (χ3v) is 5.24. The van der Waals surface area contributed by atoms with E-state index in [0.29, 0.717) is 5.92 Å². The predicted octanol–water partition coefficient (Wildman–Crippen LogP) is 1.83. The van der Waals surface area contributed by atoms with Gasteiger partial charge in [0.25, 0.3) is 0 Å². The molecule has 2 unspecified atom stereocenters. The first-order chi connectivity index (χ1) is 11.4. The van der Waals surface area contributed by atoms with Crippen molar-refractivity contribution in [3.8, 4) is 0 Å². The Morgan fingerprint density at radius 3 is 2.12 bits per heavy atom. The Morgan fingerprint density at radius 2 is 1.60 bits per heavy atom. The van der Waals surface area contributed by atoms with E-state index in [-0.39, 0.29) is 40.1 Å². The molecule has 1 saturated heterocycles. The normalized spacial score (nSPS) is 24.8. The van der Waals surface area contributed by atoms with E-state index < -0.39 is 0 Å². The summed E-state index contributed by atoms with van der Waals surface area (Å²) in [6.45, 7) is 6.70. The van der Waals surface area contributed by atoms with Gasteiger partial charge in [0, 0.05) is 31.9 Å². The zero-order chi connectivity index (χ0) is 17.2. The van der Waals surface area contributed by atoms with Gasteiger partial charge in [-0.15, -0.1) is 0 Å². The summed E-state index contributed by atoms with van der Waals surface area (Å²) in [5.74, 6) is 0.261. The second-order valence-corrected chi connectivity index (χ2v) is 7.29. The Kier molecular flexibility index (Phi) is 6.27. The lowest BCUT2D eigenvalue weighted by Crippen LogP contribution is -3.00. The van der Waals surface area contributed by atoms with Gasteiger partial charge in [-0.2, -0.15) is 0 Å². The zero-order valence-electron chi connectivity index (χ0n) is 15.1. The van der Waals surface area contributed by atoms with E-state index in [4.69, 9.17) is 4.84 Å². The van der Waals surface area contributed by atoms with Crippen LogP contribution in [0.15, 0.2) is 60.7 Å². The monoisotopic (exact) mass is 451 g/mol. The van der Waals surface area contributed by atoms with E-state index in [2.05, 4.69) is 56.3 Å². The SMILES string of the molecule is CC(=O)O[N+]1(c2ccccc2)CCC(c2ccccc2)CC1(C)C.[I-]. The zero-order valence-corrected chi connectivity index (χ0v) is 17.3. The molecule has 0 amide bonds. The molecule has 2 aromatic carbocycles. The third kappa shape index (κ3) is 3.90. The molecule has 1 aliphatic rings. The molecule has 0 aromatic heterocycles. The fourth-order valence-electron chi connectivity index (χ4n) is 4.09. The molecule has 1 fully saturated rings. The van der Waals surface area contributed by atoms with Gasteiger partial charge in [0.1, 0.15) is 12.1 Å². The molecule has 0 bridgehead atoms. The minimum atomic E-state index is -0.231. The summed E-state index contributed by atoms with van der Waals surface area (Å²) in [5.41, 5.74) is 2.22. The van der Waals surface area contributed by atoms with Crippen LogP contribution in [0.4, 0.5) is 5.69 Å². The first kappa shape index (κ1) is 19.9. The van der Waals surface area contributed by atoms with Gasteiger partial charge in [-0.3, -0.25) is 4.84 Å². The first-order valence-corrected chi connectivity index (χ1v) is 8.63. The number of benzene rings is 2. The highest BCUT2D eigenvalue weighted by Crippen LogP contribution is 2.45. The number of hydrogen-bond acceptors (Lipinski definition) is 2. The van der Waals surface area contributed by atoms with Crippen molar-refractivity contribution < 1.29 is 33.6 Å². The van der Waals surface area contributed by atoms with Crippen molar-refractivity contribution in [2.45, 2.75) is 45.1 Å². The van der Waals surface area contributed by atoms with Crippen LogP contribution in [-0.4, -0.2) is 18.1 Å². The average Bonchev–Trinajstić information content (AvgIpc) is 2.57. The Bertz CT molecular complexity index is 702. The number of hydroxylamine groups is 2. The van der Waals surface area contributed by atoms with Gasteiger partial charge in [-0.1, -0.05) is 53.2 Å². The van der Waals surface area contributed by atoms with Crippen molar-refractivity contribution in [2.75, 3.05) is 6.54 Å². The second-order valence-electron chi connectivity index (χ2n) is 7.29. The molecule has 2 aromatic rings. The smallest absolute Gasteiger partial charge is 0.364 e. The van der Waals surface area contributed by atoms with Crippen molar-refractivity contribution in [3.05, 3.63) is 66.2 Å². The van der Waals surface area contributed by atoms with Crippen LogP contribution in [0.1, 0.15) is 45.1 Å². The maximum atomic E-state index is 11.9. The summed E-state index contributed by atoms with van der Waals surface area (Å²) in [6.07, 6.45) is 1.97. The molecule has 0 N–H and O–H groups in total. The molecule has 1 heterocycles. The number of halogens is 1. The van der Waals surface area contributed by atoms with E-state index >= 15 is 0 Å². The van der Waals surface area contributed by atoms with Crippen LogP contribution in [0.3, 0.4) is 0 Å². The van der Waals surface area contributed by atoms with Gasteiger partial charge in [0.05, 0.1) is 0 Å². The van der Waals surface area contributed by atoms with Gasteiger partial charge in [-0.25, -0.2) is 4.79 Å². The lowest BCUT2D eigenvalue weighted by atomic mass is 9.78. The molecule has 3 rings (SSSR count). The van der Waals surface area contributed by atoms with Gasteiger partial charge in [0.2, 0.25) is 0 Å². The van der Waals surface area contributed by atoms with Crippen LogP contribution in [0.2, 0.25) is 0 Å². The highest BCUT2D eigenvalue weighted by Gasteiger charge is 2.54. The molecular formula is C21H26INO2. The fourth-order valence-corrected chi connectivity index (χ4v) is 4.09. The summed E-state index contributed by atoms with van der Waals surface area (Å²) in [6, 6.07) is 20.8. The first-order valence-electron chi connectivity index (χ1n) is 8.63. The molecule has 2 atom stereocenters. The van der Waals surface area contributed by atoms with Crippen molar-refractivity contribution in [2.24, 2.45) is 0 Å².